The first-order valence-electron chi connectivity index (χ1n) is 9.88. The summed E-state index contributed by atoms with van der Waals surface area (Å²) in [6.07, 6.45) is 0. The van der Waals surface area contributed by atoms with Crippen molar-refractivity contribution in [2.24, 2.45) is 4.99 Å². The van der Waals surface area contributed by atoms with Crippen LogP contribution in [0.3, 0.4) is 0 Å². The highest BCUT2D eigenvalue weighted by molar-refractivity contribution is 14.0. The number of hydrogen-bond acceptors (Lipinski definition) is 4. The molecular weight excluding hydrogens is 536 g/mol. The van der Waals surface area contributed by atoms with Crippen molar-refractivity contribution in [2.45, 2.75) is 33.2 Å². The molecule has 0 bridgehead atoms. The van der Waals surface area contributed by atoms with E-state index in [4.69, 9.17) is 4.74 Å². The van der Waals surface area contributed by atoms with Crippen molar-refractivity contribution >= 4 is 29.9 Å². The Kier molecular flexibility index (Phi) is 12.2. The lowest BCUT2D eigenvalue weighted by Crippen LogP contribution is -2.36. The van der Waals surface area contributed by atoms with Crippen molar-refractivity contribution in [1.29, 1.82) is 0 Å². The molecule has 2 aromatic carbocycles. The number of halogens is 4. The topological polar surface area (TPSA) is 58.1 Å². The highest BCUT2D eigenvalue weighted by Crippen LogP contribution is 2.25. The largest absolute Gasteiger partial charge is 0.497 e. The van der Waals surface area contributed by atoms with Crippen LogP contribution in [0, 0.1) is 5.82 Å². The van der Waals surface area contributed by atoms with Crippen LogP contribution in [0.15, 0.2) is 41.4 Å². The van der Waals surface area contributed by atoms with Crippen molar-refractivity contribution in [2.75, 3.05) is 27.7 Å². The second-order valence-corrected chi connectivity index (χ2v) is 7.06. The molecule has 0 saturated carbocycles. The molecule has 2 rings (SSSR count). The van der Waals surface area contributed by atoms with Crippen LogP contribution in [0.25, 0.3) is 0 Å². The second-order valence-electron chi connectivity index (χ2n) is 7.06. The summed E-state index contributed by atoms with van der Waals surface area (Å²) in [4.78, 5) is 6.41. The van der Waals surface area contributed by atoms with Gasteiger partial charge in [0.05, 0.1) is 13.7 Å². The molecule has 0 saturated heterocycles. The summed E-state index contributed by atoms with van der Waals surface area (Å²) in [5, 5.41) is 6.21. The van der Waals surface area contributed by atoms with Crippen LogP contribution in [-0.4, -0.2) is 45.2 Å². The minimum Gasteiger partial charge on any atom is -0.497 e. The summed E-state index contributed by atoms with van der Waals surface area (Å²) >= 11 is 0. The SMILES string of the molecule is CCNC(=NCc1ccc(F)c(CN(C)C)c1)NCc1cc(OC)ccc1OC(F)F.I. The van der Waals surface area contributed by atoms with Gasteiger partial charge in [0, 0.05) is 30.8 Å². The van der Waals surface area contributed by atoms with Crippen molar-refractivity contribution < 1.29 is 22.6 Å². The highest BCUT2D eigenvalue weighted by Gasteiger charge is 2.12. The quantitative estimate of drug-likeness (QED) is 0.254. The van der Waals surface area contributed by atoms with Crippen molar-refractivity contribution in [1.82, 2.24) is 15.5 Å². The Bertz CT molecular complexity index is 882. The van der Waals surface area contributed by atoms with E-state index >= 15 is 0 Å². The molecule has 2 aromatic rings. The third-order valence-electron chi connectivity index (χ3n) is 4.29. The zero-order chi connectivity index (χ0) is 22.8. The molecule has 32 heavy (non-hydrogen) atoms. The van der Waals surface area contributed by atoms with Gasteiger partial charge in [0.2, 0.25) is 0 Å². The van der Waals surface area contributed by atoms with E-state index in [0.29, 0.717) is 42.5 Å². The fraction of sp³-hybridized carbons (Fsp3) is 0.409. The number of guanidine groups is 1. The van der Waals surface area contributed by atoms with Gasteiger partial charge in [-0.15, -0.1) is 24.0 Å². The molecule has 0 radical (unpaired) electrons. The van der Waals surface area contributed by atoms with Crippen LogP contribution in [0.4, 0.5) is 13.2 Å². The van der Waals surface area contributed by atoms with E-state index in [1.165, 1.54) is 19.2 Å². The van der Waals surface area contributed by atoms with Gasteiger partial charge in [-0.3, -0.25) is 0 Å². The van der Waals surface area contributed by atoms with Crippen molar-refractivity contribution in [3.63, 3.8) is 0 Å². The van der Waals surface area contributed by atoms with Gasteiger partial charge in [0.1, 0.15) is 17.3 Å². The maximum Gasteiger partial charge on any atom is 0.387 e. The van der Waals surface area contributed by atoms with E-state index in [9.17, 15) is 13.2 Å². The van der Waals surface area contributed by atoms with Gasteiger partial charge in [0.15, 0.2) is 5.96 Å². The molecule has 0 heterocycles. The Morgan fingerprint density at radius 1 is 1.09 bits per heavy atom. The fourth-order valence-corrected chi connectivity index (χ4v) is 2.91. The van der Waals surface area contributed by atoms with E-state index in [-0.39, 0.29) is 42.1 Å². The third-order valence-corrected chi connectivity index (χ3v) is 4.29. The van der Waals surface area contributed by atoms with Gasteiger partial charge in [-0.05, 0) is 56.9 Å². The van der Waals surface area contributed by atoms with E-state index < -0.39 is 6.61 Å². The van der Waals surface area contributed by atoms with E-state index in [0.717, 1.165) is 5.56 Å². The Balaban J connectivity index is 0.00000512. The molecule has 2 N–H and O–H groups in total. The molecule has 0 aliphatic heterocycles. The minimum atomic E-state index is -2.93. The number of methoxy groups -OCH3 is 1. The molecule has 0 aromatic heterocycles. The number of nitrogens with one attached hydrogen (secondary N) is 2. The Hall–Kier alpha value is -2.21. The van der Waals surface area contributed by atoms with Crippen molar-refractivity contribution in [3.05, 3.63) is 58.9 Å². The maximum atomic E-state index is 14.0. The van der Waals surface area contributed by atoms with E-state index in [2.05, 4.69) is 20.4 Å². The number of alkyl halides is 2. The molecule has 0 aliphatic carbocycles. The normalized spacial score (nSPS) is 11.3. The second kappa shape index (κ2) is 14.0. The smallest absolute Gasteiger partial charge is 0.387 e. The van der Waals surface area contributed by atoms with Gasteiger partial charge < -0.3 is 25.0 Å². The molecule has 0 spiro atoms. The summed E-state index contributed by atoms with van der Waals surface area (Å²) in [6.45, 7) is 0.615. The van der Waals surface area contributed by atoms with E-state index in [1.54, 1.807) is 24.3 Å². The molecular formula is C22H30F3IN4O2. The van der Waals surface area contributed by atoms with Crippen LogP contribution < -0.4 is 20.1 Å². The average molecular weight is 566 g/mol. The van der Waals surface area contributed by atoms with Gasteiger partial charge in [0.25, 0.3) is 0 Å². The lowest BCUT2D eigenvalue weighted by Gasteiger charge is -2.15. The van der Waals surface area contributed by atoms with Crippen LogP contribution in [-0.2, 0) is 19.6 Å². The summed E-state index contributed by atoms with van der Waals surface area (Å²) in [5.41, 5.74) is 1.96. The summed E-state index contributed by atoms with van der Waals surface area (Å²) in [5.74, 6) is 0.828. The average Bonchev–Trinajstić information content (AvgIpc) is 2.72. The minimum absolute atomic E-state index is 0. The summed E-state index contributed by atoms with van der Waals surface area (Å²) < 4.78 is 49.2. The molecule has 0 atom stereocenters. The Morgan fingerprint density at radius 3 is 2.47 bits per heavy atom. The molecule has 0 amide bonds. The zero-order valence-corrected chi connectivity index (χ0v) is 21.0. The predicted octanol–water partition coefficient (Wildman–Crippen LogP) is 4.37. The Morgan fingerprint density at radius 2 is 1.84 bits per heavy atom. The number of nitrogens with zero attached hydrogens (tertiary/aromatic N) is 2. The molecule has 0 aliphatic rings. The molecule has 178 valence electrons. The first-order chi connectivity index (χ1) is 14.8. The molecule has 6 nitrogen and oxygen atoms in total. The van der Waals surface area contributed by atoms with Crippen LogP contribution in [0.2, 0.25) is 0 Å². The standard InChI is InChI=1S/C22H29F3N4O2.HI/c1-5-26-22(27-12-15-6-8-19(23)17(10-15)14-29(2)3)28-13-16-11-18(30-4)7-9-20(16)31-21(24)25;/h6-11,21H,5,12-14H2,1-4H3,(H2,26,27,28);1H. The predicted molar refractivity (Wildman–Crippen MR) is 130 cm³/mol. The van der Waals surface area contributed by atoms with Crippen LogP contribution in [0.1, 0.15) is 23.6 Å². The van der Waals surface area contributed by atoms with Gasteiger partial charge in [-0.1, -0.05) is 6.07 Å². The molecule has 0 fully saturated rings. The fourth-order valence-electron chi connectivity index (χ4n) is 2.91. The number of hydrogen-bond donors (Lipinski definition) is 2. The Labute approximate surface area is 204 Å². The molecule has 0 unspecified atom stereocenters. The van der Waals surface area contributed by atoms with Crippen LogP contribution >= 0.6 is 24.0 Å². The zero-order valence-electron chi connectivity index (χ0n) is 18.6. The number of rotatable bonds is 10. The lowest BCUT2D eigenvalue weighted by atomic mass is 10.1. The summed E-state index contributed by atoms with van der Waals surface area (Å²) in [6, 6.07) is 9.55. The van der Waals surface area contributed by atoms with E-state index in [1.807, 2.05) is 25.9 Å². The monoisotopic (exact) mass is 566 g/mol. The first kappa shape index (κ1) is 27.8. The number of benzene rings is 2. The number of aliphatic imine (C=N–C) groups is 1. The van der Waals surface area contributed by atoms with Gasteiger partial charge in [-0.2, -0.15) is 8.78 Å². The van der Waals surface area contributed by atoms with Crippen molar-refractivity contribution in [3.8, 4) is 11.5 Å². The third kappa shape index (κ3) is 9.11. The summed E-state index contributed by atoms with van der Waals surface area (Å²) in [7, 11) is 5.25. The van der Waals surface area contributed by atoms with Gasteiger partial charge >= 0.3 is 6.61 Å². The molecule has 10 heteroatoms. The number of ether oxygens (including phenoxy) is 2. The van der Waals surface area contributed by atoms with Crippen LogP contribution in [0.5, 0.6) is 11.5 Å². The highest BCUT2D eigenvalue weighted by atomic mass is 127. The maximum absolute atomic E-state index is 14.0. The first-order valence-corrected chi connectivity index (χ1v) is 9.88. The lowest BCUT2D eigenvalue weighted by molar-refractivity contribution is -0.0505. The van der Waals surface area contributed by atoms with Gasteiger partial charge in [-0.25, -0.2) is 9.38 Å².